The van der Waals surface area contributed by atoms with Crippen LogP contribution in [-0.2, 0) is 6.18 Å². The number of nitrogens with one attached hydrogen (secondary N) is 1. The fourth-order valence-corrected chi connectivity index (χ4v) is 2.68. The molecule has 1 heterocycles. The number of aliphatic hydroxyl groups is 1. The van der Waals surface area contributed by atoms with E-state index in [2.05, 4.69) is 14.7 Å². The summed E-state index contributed by atoms with van der Waals surface area (Å²) in [4.78, 5) is 15.1. The topological polar surface area (TPSA) is 75.4 Å². The van der Waals surface area contributed by atoms with E-state index in [1.807, 2.05) is 0 Å². The predicted molar refractivity (Wildman–Crippen MR) is 66.4 cm³/mol. The Morgan fingerprint density at radius 3 is 2.81 bits per heavy atom. The molecule has 5 nitrogen and oxygen atoms in total. The number of halogens is 3. The van der Waals surface area contributed by atoms with Gasteiger partial charge in [0.05, 0.1) is 0 Å². The molecule has 1 aliphatic carbocycles. The summed E-state index contributed by atoms with van der Waals surface area (Å²) < 4.78 is 42.0. The van der Waals surface area contributed by atoms with Crippen LogP contribution < -0.4 is 5.32 Å². The maximum absolute atomic E-state index is 12.6. The van der Waals surface area contributed by atoms with Crippen molar-refractivity contribution in [1.82, 2.24) is 10.3 Å². The number of amides is 1. The SMILES string of the molecule is O=C(NC[C@H]1CCC[C@@H](CO)C1)c1ncoc1C(F)(F)F. The maximum atomic E-state index is 12.6. The fourth-order valence-electron chi connectivity index (χ4n) is 2.68. The number of oxazole rings is 1. The Kier molecular flexibility index (Phi) is 4.87. The molecular weight excluding hydrogens is 289 g/mol. The van der Waals surface area contributed by atoms with Gasteiger partial charge >= 0.3 is 6.18 Å². The summed E-state index contributed by atoms with van der Waals surface area (Å²) in [7, 11) is 0. The summed E-state index contributed by atoms with van der Waals surface area (Å²) >= 11 is 0. The van der Waals surface area contributed by atoms with Gasteiger partial charge in [-0.05, 0) is 31.1 Å². The van der Waals surface area contributed by atoms with E-state index in [-0.39, 0.29) is 25.0 Å². The van der Waals surface area contributed by atoms with Crippen molar-refractivity contribution >= 4 is 5.91 Å². The summed E-state index contributed by atoms with van der Waals surface area (Å²) in [5.74, 6) is -1.89. The first kappa shape index (κ1) is 15.8. The molecule has 0 aliphatic heterocycles. The lowest BCUT2D eigenvalue weighted by Gasteiger charge is -2.27. The van der Waals surface area contributed by atoms with Gasteiger partial charge in [0.15, 0.2) is 12.1 Å². The summed E-state index contributed by atoms with van der Waals surface area (Å²) in [6.45, 7) is 0.380. The molecule has 1 aliphatic rings. The van der Waals surface area contributed by atoms with Crippen molar-refractivity contribution in [3.05, 3.63) is 17.8 Å². The Hall–Kier alpha value is -1.57. The first-order chi connectivity index (χ1) is 9.91. The van der Waals surface area contributed by atoms with Gasteiger partial charge in [0.2, 0.25) is 5.76 Å². The molecule has 0 aromatic carbocycles. The number of carbonyl (C=O) groups excluding carboxylic acids is 1. The molecule has 0 radical (unpaired) electrons. The second-order valence-corrected chi connectivity index (χ2v) is 5.32. The maximum Gasteiger partial charge on any atom is 0.452 e. The first-order valence-electron chi connectivity index (χ1n) is 6.81. The smallest absolute Gasteiger partial charge is 0.438 e. The molecule has 1 amide bonds. The molecule has 0 spiro atoms. The monoisotopic (exact) mass is 306 g/mol. The van der Waals surface area contributed by atoms with E-state index >= 15 is 0 Å². The van der Waals surface area contributed by atoms with Crippen molar-refractivity contribution in [3.63, 3.8) is 0 Å². The zero-order valence-corrected chi connectivity index (χ0v) is 11.3. The van der Waals surface area contributed by atoms with E-state index in [0.29, 0.717) is 6.39 Å². The molecule has 118 valence electrons. The van der Waals surface area contributed by atoms with Crippen LogP contribution in [0, 0.1) is 11.8 Å². The molecule has 1 fully saturated rings. The number of alkyl halides is 3. The Morgan fingerprint density at radius 1 is 1.43 bits per heavy atom. The third-order valence-corrected chi connectivity index (χ3v) is 3.74. The lowest BCUT2D eigenvalue weighted by molar-refractivity contribution is -0.153. The van der Waals surface area contributed by atoms with Crippen molar-refractivity contribution < 1.29 is 27.5 Å². The van der Waals surface area contributed by atoms with Crippen molar-refractivity contribution in [1.29, 1.82) is 0 Å². The molecule has 1 saturated carbocycles. The number of hydrogen-bond acceptors (Lipinski definition) is 4. The van der Waals surface area contributed by atoms with Gasteiger partial charge in [-0.15, -0.1) is 0 Å². The molecule has 0 saturated heterocycles. The van der Waals surface area contributed by atoms with Crippen LogP contribution in [0.5, 0.6) is 0 Å². The van der Waals surface area contributed by atoms with Crippen LogP contribution in [0.25, 0.3) is 0 Å². The standard InChI is InChI=1S/C13H17F3N2O3/c14-13(15,16)11-10(18-7-21-11)12(20)17-5-8-2-1-3-9(4-8)6-19/h7-9,19H,1-6H2,(H,17,20)/t8-,9+/m0/s1. The molecule has 1 aromatic rings. The minimum absolute atomic E-state index is 0.103. The highest BCUT2D eigenvalue weighted by Crippen LogP contribution is 2.32. The molecular formula is C13H17F3N2O3. The Balaban J connectivity index is 1.92. The minimum Gasteiger partial charge on any atom is -0.438 e. The van der Waals surface area contributed by atoms with Crippen LogP contribution in [0.15, 0.2) is 10.8 Å². The molecule has 2 atom stereocenters. The molecule has 1 aromatic heterocycles. The van der Waals surface area contributed by atoms with Crippen LogP contribution in [0.4, 0.5) is 13.2 Å². The van der Waals surface area contributed by atoms with E-state index in [1.54, 1.807) is 0 Å². The third-order valence-electron chi connectivity index (χ3n) is 3.74. The number of aliphatic hydroxyl groups excluding tert-OH is 1. The summed E-state index contributed by atoms with van der Waals surface area (Å²) in [6.07, 6.45) is -0.578. The van der Waals surface area contributed by atoms with Crippen molar-refractivity contribution in [3.8, 4) is 0 Å². The van der Waals surface area contributed by atoms with Gasteiger partial charge in [0.25, 0.3) is 5.91 Å². The molecule has 2 N–H and O–H groups in total. The number of hydrogen-bond donors (Lipinski definition) is 2. The lowest BCUT2D eigenvalue weighted by atomic mass is 9.82. The highest BCUT2D eigenvalue weighted by atomic mass is 19.4. The van der Waals surface area contributed by atoms with E-state index < -0.39 is 23.5 Å². The molecule has 8 heteroatoms. The second kappa shape index (κ2) is 6.46. The van der Waals surface area contributed by atoms with Crippen LogP contribution in [0.3, 0.4) is 0 Å². The third kappa shape index (κ3) is 3.96. The van der Waals surface area contributed by atoms with Crippen LogP contribution >= 0.6 is 0 Å². The van der Waals surface area contributed by atoms with Crippen LogP contribution in [-0.4, -0.2) is 29.1 Å². The molecule has 0 unspecified atom stereocenters. The molecule has 2 rings (SSSR count). The van der Waals surface area contributed by atoms with Gasteiger partial charge < -0.3 is 14.8 Å². The van der Waals surface area contributed by atoms with Crippen LogP contribution in [0.2, 0.25) is 0 Å². The van der Waals surface area contributed by atoms with E-state index in [0.717, 1.165) is 25.7 Å². The van der Waals surface area contributed by atoms with Gasteiger partial charge in [-0.3, -0.25) is 4.79 Å². The highest BCUT2D eigenvalue weighted by Gasteiger charge is 2.40. The molecule has 0 bridgehead atoms. The van der Waals surface area contributed by atoms with Crippen molar-refractivity contribution in [2.75, 3.05) is 13.2 Å². The second-order valence-electron chi connectivity index (χ2n) is 5.32. The zero-order chi connectivity index (χ0) is 15.5. The average Bonchev–Trinajstić information content (AvgIpc) is 2.94. The van der Waals surface area contributed by atoms with E-state index in [1.165, 1.54) is 0 Å². The summed E-state index contributed by atoms with van der Waals surface area (Å²) in [5.41, 5.74) is -0.739. The van der Waals surface area contributed by atoms with Gasteiger partial charge in [0, 0.05) is 13.2 Å². The zero-order valence-electron chi connectivity index (χ0n) is 11.3. The average molecular weight is 306 g/mol. The van der Waals surface area contributed by atoms with E-state index in [9.17, 15) is 18.0 Å². The number of rotatable bonds is 4. The Labute approximate surface area is 119 Å². The lowest BCUT2D eigenvalue weighted by Crippen LogP contribution is -2.33. The van der Waals surface area contributed by atoms with Gasteiger partial charge in [-0.1, -0.05) is 6.42 Å². The number of carbonyl (C=O) groups is 1. The molecule has 21 heavy (non-hydrogen) atoms. The summed E-state index contributed by atoms with van der Waals surface area (Å²) in [6, 6.07) is 0. The fraction of sp³-hybridized carbons (Fsp3) is 0.692. The van der Waals surface area contributed by atoms with E-state index in [4.69, 9.17) is 5.11 Å². The number of nitrogens with zero attached hydrogens (tertiary/aromatic N) is 1. The van der Waals surface area contributed by atoms with Crippen molar-refractivity contribution in [2.45, 2.75) is 31.9 Å². The predicted octanol–water partition coefficient (Wildman–Crippen LogP) is 2.22. The number of aromatic nitrogens is 1. The van der Waals surface area contributed by atoms with Crippen molar-refractivity contribution in [2.24, 2.45) is 11.8 Å². The Bertz CT molecular complexity index is 487. The Morgan fingerprint density at radius 2 is 2.14 bits per heavy atom. The summed E-state index contributed by atoms with van der Waals surface area (Å²) in [5, 5.41) is 11.6. The minimum atomic E-state index is -4.74. The van der Waals surface area contributed by atoms with Gasteiger partial charge in [-0.25, -0.2) is 4.98 Å². The quantitative estimate of drug-likeness (QED) is 0.894. The highest BCUT2D eigenvalue weighted by molar-refractivity contribution is 5.93. The van der Waals surface area contributed by atoms with Crippen LogP contribution in [0.1, 0.15) is 41.9 Å². The first-order valence-corrected chi connectivity index (χ1v) is 6.81. The van der Waals surface area contributed by atoms with Gasteiger partial charge in [0.1, 0.15) is 0 Å². The van der Waals surface area contributed by atoms with Gasteiger partial charge in [-0.2, -0.15) is 13.2 Å². The normalized spacial score (nSPS) is 23.0. The largest absolute Gasteiger partial charge is 0.452 e.